The molecule has 0 radical (unpaired) electrons. The molecule has 23 heteroatoms. The molecular weight excluding hydrogens is 893 g/mol. The van der Waals surface area contributed by atoms with E-state index in [-0.39, 0.29) is 82.4 Å². The third-order valence-electron chi connectivity index (χ3n) is 10.4. The highest BCUT2D eigenvalue weighted by atomic mass is 16.6. The summed E-state index contributed by atoms with van der Waals surface area (Å²) in [5, 5.41) is 60.2. The third-order valence-corrected chi connectivity index (χ3v) is 10.4. The molecule has 1 amide bonds. The van der Waals surface area contributed by atoms with Crippen LogP contribution in [0.2, 0.25) is 0 Å². The van der Waals surface area contributed by atoms with Gasteiger partial charge in [-0.15, -0.1) is 0 Å². The van der Waals surface area contributed by atoms with E-state index in [2.05, 4.69) is 25.3 Å². The Balaban J connectivity index is 0.000000224. The zero-order valence-corrected chi connectivity index (χ0v) is 36.7. The number of carboxylic acids is 2. The number of anilines is 3. The number of aliphatic carboxylic acids is 2. The number of hydrogen-bond donors (Lipinski definition) is 9. The van der Waals surface area contributed by atoms with Crippen molar-refractivity contribution in [2.75, 3.05) is 44.7 Å². The fourth-order valence-corrected chi connectivity index (χ4v) is 6.98. The van der Waals surface area contributed by atoms with E-state index in [0.29, 0.717) is 40.3 Å². The van der Waals surface area contributed by atoms with Crippen molar-refractivity contribution in [2.45, 2.75) is 44.1 Å². The van der Waals surface area contributed by atoms with E-state index in [4.69, 9.17) is 40.3 Å². The second-order valence-electron chi connectivity index (χ2n) is 15.0. The summed E-state index contributed by atoms with van der Waals surface area (Å²) in [6, 6.07) is 14.6. The standard InChI is InChI=1S/C25H24O10.C20H22N8O5/c1-31-20-7-13(8-21(32-2)24(20)33-3)25(30)35-22-11-15-17(28)9-14(26)10-19(15)34-23(22)12-4-5-16(27)18(29)6-12;1-28(9-11-8-23-17-15(24-11)16(21)26-20(22)27-17)12-4-2-10(3-5-12)18(31)25-13(19(32)33)6-7-14(29)30/h4-10,22-23,26-29H,11H2,1-3H3;2-5,8,13H,6-7,9H2,1H3,(H,25,31)(H,29,30)(H,32,33)(H4,21,22,23,26,27)/t22-,23+;13-/m00/s1. The van der Waals surface area contributed by atoms with Crippen LogP contribution in [0.25, 0.3) is 11.2 Å². The lowest BCUT2D eigenvalue weighted by Gasteiger charge is -2.34. The number of amides is 1. The minimum Gasteiger partial charge on any atom is -0.508 e. The first kappa shape index (κ1) is 48.4. The Kier molecular flexibility index (Phi) is 14.9. The molecule has 7 rings (SSSR count). The number of hydrogen-bond acceptors (Lipinski definition) is 20. The van der Waals surface area contributed by atoms with E-state index in [1.54, 1.807) is 18.3 Å². The van der Waals surface area contributed by atoms with E-state index < -0.39 is 42.1 Å². The molecule has 3 atom stereocenters. The van der Waals surface area contributed by atoms with Crippen molar-refractivity contribution in [1.82, 2.24) is 25.3 Å². The Morgan fingerprint density at radius 1 is 0.838 bits per heavy atom. The quantitative estimate of drug-likeness (QED) is 0.0523. The number of nitrogens with one attached hydrogen (secondary N) is 1. The molecule has 0 saturated carbocycles. The molecule has 0 aliphatic carbocycles. The van der Waals surface area contributed by atoms with Gasteiger partial charge in [-0.25, -0.2) is 19.6 Å². The lowest BCUT2D eigenvalue weighted by atomic mass is 9.93. The maximum absolute atomic E-state index is 13.2. The zero-order valence-electron chi connectivity index (χ0n) is 36.7. The molecule has 0 spiro atoms. The van der Waals surface area contributed by atoms with Crippen molar-refractivity contribution in [2.24, 2.45) is 0 Å². The van der Waals surface area contributed by atoms with Crippen molar-refractivity contribution >= 4 is 52.4 Å². The van der Waals surface area contributed by atoms with Gasteiger partial charge >= 0.3 is 17.9 Å². The maximum Gasteiger partial charge on any atom is 0.338 e. The molecule has 0 saturated heterocycles. The number of benzene rings is 4. The normalized spacial score (nSPS) is 14.2. The highest BCUT2D eigenvalue weighted by Gasteiger charge is 2.37. The summed E-state index contributed by atoms with van der Waals surface area (Å²) in [5.74, 6) is -3.75. The number of esters is 1. The predicted octanol–water partition coefficient (Wildman–Crippen LogP) is 3.71. The topological polar surface area (TPSA) is 355 Å². The molecule has 0 bridgehead atoms. The number of carbonyl (C=O) groups is 4. The molecule has 23 nitrogen and oxygen atoms in total. The summed E-state index contributed by atoms with van der Waals surface area (Å²) in [6.07, 6.45) is -0.870. The van der Waals surface area contributed by atoms with Crippen molar-refractivity contribution in [3.63, 3.8) is 0 Å². The van der Waals surface area contributed by atoms with Crippen LogP contribution in [0.4, 0.5) is 17.5 Å². The van der Waals surface area contributed by atoms with Crippen LogP contribution in [-0.2, 0) is 27.3 Å². The van der Waals surface area contributed by atoms with E-state index in [0.717, 1.165) is 11.8 Å². The van der Waals surface area contributed by atoms with Gasteiger partial charge in [0.25, 0.3) is 5.91 Å². The van der Waals surface area contributed by atoms with Gasteiger partial charge in [-0.1, -0.05) is 6.07 Å². The fourth-order valence-electron chi connectivity index (χ4n) is 6.98. The molecule has 356 valence electrons. The number of aromatic nitrogens is 4. The number of phenolic OH excluding ortho intramolecular Hbond substituents is 4. The van der Waals surface area contributed by atoms with Gasteiger partial charge in [-0.2, -0.15) is 9.97 Å². The molecule has 11 N–H and O–H groups in total. The number of carbonyl (C=O) groups excluding carboxylic acids is 2. The minimum atomic E-state index is -1.30. The molecule has 0 fully saturated rings. The number of aromatic hydroxyl groups is 4. The second kappa shape index (κ2) is 20.9. The van der Waals surface area contributed by atoms with Gasteiger partial charge in [0.05, 0.1) is 45.3 Å². The molecule has 6 aromatic rings. The van der Waals surface area contributed by atoms with E-state index in [1.165, 1.54) is 69.9 Å². The van der Waals surface area contributed by atoms with Crippen LogP contribution < -0.4 is 40.6 Å². The third kappa shape index (κ3) is 11.3. The number of phenols is 4. The van der Waals surface area contributed by atoms with Crippen LogP contribution in [0.3, 0.4) is 0 Å². The number of nitrogens with two attached hydrogens (primary N) is 2. The average molecular weight is 939 g/mol. The Hall–Kier alpha value is -9.02. The van der Waals surface area contributed by atoms with Crippen LogP contribution in [0.15, 0.2) is 72.9 Å². The smallest absolute Gasteiger partial charge is 0.338 e. The first-order valence-corrected chi connectivity index (χ1v) is 20.2. The summed E-state index contributed by atoms with van der Waals surface area (Å²) in [7, 11) is 6.10. The van der Waals surface area contributed by atoms with Crippen LogP contribution in [0.5, 0.6) is 46.0 Å². The van der Waals surface area contributed by atoms with Crippen LogP contribution >= 0.6 is 0 Å². The van der Waals surface area contributed by atoms with Crippen LogP contribution in [0.1, 0.15) is 56.5 Å². The molecule has 1 aliphatic rings. The highest BCUT2D eigenvalue weighted by Crippen LogP contribution is 2.45. The van der Waals surface area contributed by atoms with Crippen molar-refractivity contribution < 1.29 is 73.5 Å². The zero-order chi connectivity index (χ0) is 49.4. The minimum absolute atomic E-state index is 0.0138. The van der Waals surface area contributed by atoms with Gasteiger partial charge < -0.3 is 76.0 Å². The number of rotatable bonds is 15. The summed E-state index contributed by atoms with van der Waals surface area (Å²) in [4.78, 5) is 65.9. The lowest BCUT2D eigenvalue weighted by Crippen LogP contribution is -2.41. The summed E-state index contributed by atoms with van der Waals surface area (Å²) in [6.45, 7) is 0.370. The first-order chi connectivity index (χ1) is 32.4. The number of ether oxygens (including phenoxy) is 5. The van der Waals surface area contributed by atoms with Gasteiger partial charge in [0.2, 0.25) is 11.7 Å². The van der Waals surface area contributed by atoms with E-state index in [9.17, 15) is 44.7 Å². The lowest BCUT2D eigenvalue weighted by molar-refractivity contribution is -0.140. The fraction of sp³-hybridized carbons (Fsp3) is 0.244. The van der Waals surface area contributed by atoms with Gasteiger partial charge in [-0.3, -0.25) is 9.59 Å². The Morgan fingerprint density at radius 3 is 2.15 bits per heavy atom. The summed E-state index contributed by atoms with van der Waals surface area (Å²) >= 11 is 0. The van der Waals surface area contributed by atoms with E-state index in [1.807, 2.05) is 11.9 Å². The predicted molar refractivity (Wildman–Crippen MR) is 240 cm³/mol. The second-order valence-corrected chi connectivity index (χ2v) is 15.0. The van der Waals surface area contributed by atoms with Crippen molar-refractivity contribution in [1.29, 1.82) is 0 Å². The number of nitrogens with zero attached hydrogens (tertiary/aromatic N) is 5. The number of nitrogen functional groups attached to an aromatic ring is 2. The van der Waals surface area contributed by atoms with E-state index >= 15 is 0 Å². The van der Waals surface area contributed by atoms with Crippen molar-refractivity contribution in [3.05, 3.63) is 101 Å². The summed E-state index contributed by atoms with van der Waals surface area (Å²) in [5.41, 5.74) is 14.5. The highest BCUT2D eigenvalue weighted by molar-refractivity contribution is 5.97. The summed E-state index contributed by atoms with van der Waals surface area (Å²) < 4.78 is 27.7. The Labute approximate surface area is 386 Å². The van der Waals surface area contributed by atoms with Gasteiger partial charge in [0, 0.05) is 54.4 Å². The molecule has 4 aromatic carbocycles. The Bertz CT molecular complexity index is 2840. The molecule has 68 heavy (non-hydrogen) atoms. The maximum atomic E-state index is 13.2. The molecule has 3 heterocycles. The SMILES string of the molecule is CN(Cc1cnc2nc(N)nc(N)c2n1)c1ccc(C(=O)N[C@@H](CCC(=O)O)C(=O)O)cc1.COc1cc(C(=O)O[C@H]2Cc3c(O)cc(O)cc3O[C@@H]2c2ccc(O)c(O)c2)cc(OC)c1OC. The van der Waals surface area contributed by atoms with Crippen LogP contribution in [-0.4, -0.2) is 115 Å². The number of carboxylic acid groups (broad SMARTS) is 2. The van der Waals surface area contributed by atoms with Gasteiger partial charge in [0.15, 0.2) is 46.1 Å². The molecule has 2 aromatic heterocycles. The first-order valence-electron chi connectivity index (χ1n) is 20.2. The monoisotopic (exact) mass is 938 g/mol. The van der Waals surface area contributed by atoms with Gasteiger partial charge in [0.1, 0.15) is 29.4 Å². The average Bonchev–Trinajstić information content (AvgIpc) is 3.30. The largest absolute Gasteiger partial charge is 0.508 e. The number of fused-ring (bicyclic) bond motifs is 2. The Morgan fingerprint density at radius 2 is 1.53 bits per heavy atom. The van der Waals surface area contributed by atoms with Gasteiger partial charge in [-0.05, 0) is 55.0 Å². The van der Waals surface area contributed by atoms with Crippen molar-refractivity contribution in [3.8, 4) is 46.0 Å². The molecular formula is C45H46N8O15. The molecule has 0 unspecified atom stereocenters. The molecule has 1 aliphatic heterocycles. The van der Waals surface area contributed by atoms with Crippen LogP contribution in [0, 0.1) is 0 Å². The number of methoxy groups -OCH3 is 3.